The molecule has 114 valence electrons. The lowest BCUT2D eigenvalue weighted by Gasteiger charge is -2.18. The topological polar surface area (TPSA) is 55.4 Å². The van der Waals surface area contributed by atoms with Gasteiger partial charge in [0.15, 0.2) is 9.84 Å². The molecule has 0 amide bonds. The second kappa shape index (κ2) is 7.64. The van der Waals surface area contributed by atoms with E-state index in [-0.39, 0.29) is 23.5 Å². The van der Waals surface area contributed by atoms with Crippen LogP contribution in [0.15, 0.2) is 24.3 Å². The van der Waals surface area contributed by atoms with Gasteiger partial charge in [0.25, 0.3) is 0 Å². The van der Waals surface area contributed by atoms with Crippen molar-refractivity contribution in [2.45, 2.75) is 26.3 Å². The van der Waals surface area contributed by atoms with E-state index in [1.807, 2.05) is 38.1 Å². The lowest BCUT2D eigenvalue weighted by Crippen LogP contribution is -2.28. The maximum atomic E-state index is 12.2. The van der Waals surface area contributed by atoms with Crippen LogP contribution in [-0.2, 0) is 9.84 Å². The molecule has 20 heavy (non-hydrogen) atoms. The van der Waals surface area contributed by atoms with Crippen LogP contribution in [0, 0.1) is 5.92 Å². The maximum Gasteiger partial charge on any atom is 0.152 e. The fourth-order valence-electron chi connectivity index (χ4n) is 2.08. The SMILES string of the molecule is CCC(C)CS(=O)(=O)CC(NC)c1cccc(OC)c1. The van der Waals surface area contributed by atoms with Crippen molar-refractivity contribution in [3.05, 3.63) is 29.8 Å². The van der Waals surface area contributed by atoms with Crippen LogP contribution in [0.4, 0.5) is 0 Å². The molecule has 0 saturated heterocycles. The van der Waals surface area contributed by atoms with Crippen LogP contribution < -0.4 is 10.1 Å². The van der Waals surface area contributed by atoms with Gasteiger partial charge in [-0.05, 0) is 30.7 Å². The van der Waals surface area contributed by atoms with Gasteiger partial charge in [0.05, 0.1) is 18.6 Å². The Balaban J connectivity index is 2.85. The van der Waals surface area contributed by atoms with Gasteiger partial charge in [0, 0.05) is 6.04 Å². The summed E-state index contributed by atoms with van der Waals surface area (Å²) in [6, 6.07) is 7.31. The summed E-state index contributed by atoms with van der Waals surface area (Å²) in [6.45, 7) is 3.98. The van der Waals surface area contributed by atoms with Crippen molar-refractivity contribution < 1.29 is 13.2 Å². The molecular formula is C15H25NO3S. The molecule has 1 N–H and O–H groups in total. The molecule has 1 aromatic carbocycles. The largest absolute Gasteiger partial charge is 0.497 e. The van der Waals surface area contributed by atoms with Gasteiger partial charge in [0.1, 0.15) is 5.75 Å². The average molecular weight is 299 g/mol. The fraction of sp³-hybridized carbons (Fsp3) is 0.600. The number of methoxy groups -OCH3 is 1. The van der Waals surface area contributed by atoms with Crippen LogP contribution in [0.3, 0.4) is 0 Å². The van der Waals surface area contributed by atoms with Crippen molar-refractivity contribution in [2.75, 3.05) is 25.7 Å². The first-order valence-corrected chi connectivity index (χ1v) is 8.75. The summed E-state index contributed by atoms with van der Waals surface area (Å²) >= 11 is 0. The molecule has 0 heterocycles. The number of nitrogens with one attached hydrogen (secondary N) is 1. The van der Waals surface area contributed by atoms with E-state index >= 15 is 0 Å². The van der Waals surface area contributed by atoms with Gasteiger partial charge in [-0.2, -0.15) is 0 Å². The Morgan fingerprint density at radius 3 is 2.55 bits per heavy atom. The molecule has 0 radical (unpaired) electrons. The zero-order valence-electron chi connectivity index (χ0n) is 12.7. The number of hydrogen-bond donors (Lipinski definition) is 1. The number of sulfone groups is 1. The number of rotatable bonds is 8. The van der Waals surface area contributed by atoms with E-state index in [9.17, 15) is 8.42 Å². The Morgan fingerprint density at radius 2 is 2.00 bits per heavy atom. The lowest BCUT2D eigenvalue weighted by atomic mass is 10.1. The Morgan fingerprint density at radius 1 is 1.30 bits per heavy atom. The molecule has 0 spiro atoms. The van der Waals surface area contributed by atoms with Gasteiger partial charge in [-0.3, -0.25) is 0 Å². The molecular weight excluding hydrogens is 274 g/mol. The van der Waals surface area contributed by atoms with Gasteiger partial charge in [-0.25, -0.2) is 8.42 Å². The average Bonchev–Trinajstić information content (AvgIpc) is 2.44. The molecule has 0 aliphatic carbocycles. The summed E-state index contributed by atoms with van der Waals surface area (Å²) in [6.07, 6.45) is 0.878. The minimum Gasteiger partial charge on any atom is -0.497 e. The molecule has 4 nitrogen and oxygen atoms in total. The van der Waals surface area contributed by atoms with Gasteiger partial charge < -0.3 is 10.1 Å². The highest BCUT2D eigenvalue weighted by atomic mass is 32.2. The van der Waals surface area contributed by atoms with Crippen molar-refractivity contribution in [3.63, 3.8) is 0 Å². The van der Waals surface area contributed by atoms with E-state index in [4.69, 9.17) is 4.74 Å². The molecule has 2 atom stereocenters. The van der Waals surface area contributed by atoms with Crippen molar-refractivity contribution in [3.8, 4) is 5.75 Å². The predicted molar refractivity (Wildman–Crippen MR) is 82.9 cm³/mol. The number of hydrogen-bond acceptors (Lipinski definition) is 4. The van der Waals surface area contributed by atoms with E-state index in [0.29, 0.717) is 0 Å². The summed E-state index contributed by atoms with van der Waals surface area (Å²) < 4.78 is 29.6. The van der Waals surface area contributed by atoms with E-state index in [0.717, 1.165) is 17.7 Å². The second-order valence-electron chi connectivity index (χ2n) is 5.21. The highest BCUT2D eigenvalue weighted by Crippen LogP contribution is 2.21. The molecule has 0 aromatic heterocycles. The van der Waals surface area contributed by atoms with Crippen molar-refractivity contribution in [1.29, 1.82) is 0 Å². The monoisotopic (exact) mass is 299 g/mol. The van der Waals surface area contributed by atoms with Gasteiger partial charge in [0.2, 0.25) is 0 Å². The zero-order chi connectivity index (χ0) is 15.2. The lowest BCUT2D eigenvalue weighted by molar-refractivity contribution is 0.413. The van der Waals surface area contributed by atoms with Crippen LogP contribution >= 0.6 is 0 Å². The molecule has 1 aromatic rings. The first-order chi connectivity index (χ1) is 9.41. The third-order valence-electron chi connectivity index (χ3n) is 3.50. The second-order valence-corrected chi connectivity index (χ2v) is 7.36. The Labute approximate surface area is 122 Å². The number of ether oxygens (including phenoxy) is 1. The fourth-order valence-corrected chi connectivity index (χ4v) is 4.18. The van der Waals surface area contributed by atoms with E-state index < -0.39 is 9.84 Å². The first kappa shape index (κ1) is 17.0. The summed E-state index contributed by atoms with van der Waals surface area (Å²) in [5.41, 5.74) is 0.930. The van der Waals surface area contributed by atoms with Crippen LogP contribution in [0.2, 0.25) is 0 Å². The molecule has 0 saturated carbocycles. The van der Waals surface area contributed by atoms with Crippen LogP contribution in [-0.4, -0.2) is 34.1 Å². The van der Waals surface area contributed by atoms with E-state index in [1.54, 1.807) is 14.2 Å². The van der Waals surface area contributed by atoms with Crippen LogP contribution in [0.25, 0.3) is 0 Å². The summed E-state index contributed by atoms with van der Waals surface area (Å²) in [5.74, 6) is 1.29. The Bertz CT molecular complexity index is 514. The van der Waals surface area contributed by atoms with E-state index in [1.165, 1.54) is 0 Å². The van der Waals surface area contributed by atoms with Gasteiger partial charge in [-0.15, -0.1) is 0 Å². The molecule has 1 rings (SSSR count). The smallest absolute Gasteiger partial charge is 0.152 e. The van der Waals surface area contributed by atoms with Crippen LogP contribution in [0.5, 0.6) is 5.75 Å². The van der Waals surface area contributed by atoms with Crippen LogP contribution in [0.1, 0.15) is 31.9 Å². The minimum absolute atomic E-state index is 0.112. The normalized spacial score (nSPS) is 14.8. The first-order valence-electron chi connectivity index (χ1n) is 6.93. The Kier molecular flexibility index (Phi) is 6.49. The summed E-state index contributed by atoms with van der Waals surface area (Å²) in [5, 5.41) is 3.08. The number of benzene rings is 1. The minimum atomic E-state index is -3.08. The molecule has 0 fully saturated rings. The standard InChI is InChI=1S/C15H25NO3S/c1-5-12(2)10-20(17,18)11-15(16-3)13-7-6-8-14(9-13)19-4/h6-9,12,15-16H,5,10-11H2,1-4H3. The zero-order valence-corrected chi connectivity index (χ0v) is 13.5. The molecule has 2 unspecified atom stereocenters. The van der Waals surface area contributed by atoms with Gasteiger partial charge >= 0.3 is 0 Å². The highest BCUT2D eigenvalue weighted by molar-refractivity contribution is 7.91. The molecule has 5 heteroatoms. The van der Waals surface area contributed by atoms with Crippen molar-refractivity contribution in [1.82, 2.24) is 5.32 Å². The predicted octanol–water partition coefficient (Wildman–Crippen LogP) is 2.42. The van der Waals surface area contributed by atoms with Crippen molar-refractivity contribution >= 4 is 9.84 Å². The summed E-state index contributed by atoms with van der Waals surface area (Å²) in [7, 11) is 0.310. The molecule has 0 aliphatic heterocycles. The maximum absolute atomic E-state index is 12.2. The molecule has 0 bridgehead atoms. The highest BCUT2D eigenvalue weighted by Gasteiger charge is 2.21. The third-order valence-corrected chi connectivity index (χ3v) is 5.42. The third kappa shape index (κ3) is 5.13. The quantitative estimate of drug-likeness (QED) is 0.801. The molecule has 0 aliphatic rings. The summed E-state index contributed by atoms with van der Waals surface area (Å²) in [4.78, 5) is 0. The van der Waals surface area contributed by atoms with E-state index in [2.05, 4.69) is 5.32 Å². The Hall–Kier alpha value is -1.07. The van der Waals surface area contributed by atoms with Gasteiger partial charge in [-0.1, -0.05) is 32.4 Å². The van der Waals surface area contributed by atoms with Crippen molar-refractivity contribution in [2.24, 2.45) is 5.92 Å².